The molecule has 0 bridgehead atoms. The SMILES string of the molecule is C[C@H](O)C(CO)NC[C@@H](O)CO. The Kier molecular flexibility index (Phi) is 6.23. The van der Waals surface area contributed by atoms with Crippen LogP contribution in [0.2, 0.25) is 0 Å². The first-order chi connectivity index (χ1) is 5.61. The van der Waals surface area contributed by atoms with E-state index < -0.39 is 18.2 Å². The average Bonchev–Trinajstić information content (AvgIpc) is 2.04. The van der Waals surface area contributed by atoms with Gasteiger partial charge in [0.15, 0.2) is 0 Å². The molecule has 0 spiro atoms. The minimum atomic E-state index is -0.849. The predicted octanol–water partition coefficient (Wildman–Crippen LogP) is -2.33. The Morgan fingerprint density at radius 1 is 1.17 bits per heavy atom. The maximum atomic E-state index is 9.03. The Labute approximate surface area is 71.7 Å². The zero-order valence-electron chi connectivity index (χ0n) is 7.14. The zero-order valence-corrected chi connectivity index (χ0v) is 7.14. The van der Waals surface area contributed by atoms with Crippen molar-refractivity contribution in [2.75, 3.05) is 19.8 Å². The fourth-order valence-corrected chi connectivity index (χ4v) is 0.740. The molecule has 5 heteroatoms. The first kappa shape index (κ1) is 11.8. The van der Waals surface area contributed by atoms with Crippen LogP contribution in [-0.2, 0) is 0 Å². The van der Waals surface area contributed by atoms with Gasteiger partial charge in [0.1, 0.15) is 0 Å². The predicted molar refractivity (Wildman–Crippen MR) is 43.6 cm³/mol. The van der Waals surface area contributed by atoms with E-state index in [0.717, 1.165) is 0 Å². The van der Waals surface area contributed by atoms with Gasteiger partial charge in [0.05, 0.1) is 31.5 Å². The highest BCUT2D eigenvalue weighted by atomic mass is 16.3. The molecule has 0 aliphatic rings. The molecule has 5 N–H and O–H groups in total. The van der Waals surface area contributed by atoms with E-state index in [9.17, 15) is 0 Å². The maximum Gasteiger partial charge on any atom is 0.0895 e. The zero-order chi connectivity index (χ0) is 9.56. The Bertz CT molecular complexity index is 110. The summed E-state index contributed by atoms with van der Waals surface area (Å²) in [6.07, 6.45) is -1.53. The van der Waals surface area contributed by atoms with Crippen LogP contribution in [0.5, 0.6) is 0 Å². The van der Waals surface area contributed by atoms with Gasteiger partial charge in [0.2, 0.25) is 0 Å². The number of hydrogen-bond acceptors (Lipinski definition) is 5. The van der Waals surface area contributed by atoms with Crippen molar-refractivity contribution < 1.29 is 20.4 Å². The topological polar surface area (TPSA) is 93.0 Å². The third-order valence-corrected chi connectivity index (χ3v) is 1.61. The number of rotatable bonds is 6. The number of aliphatic hydroxyl groups is 4. The quantitative estimate of drug-likeness (QED) is 0.315. The smallest absolute Gasteiger partial charge is 0.0895 e. The van der Waals surface area contributed by atoms with Crippen molar-refractivity contribution in [3.8, 4) is 0 Å². The molecular weight excluding hydrogens is 162 g/mol. The number of aliphatic hydroxyl groups excluding tert-OH is 4. The van der Waals surface area contributed by atoms with Crippen LogP contribution < -0.4 is 5.32 Å². The van der Waals surface area contributed by atoms with Crippen LogP contribution in [0.4, 0.5) is 0 Å². The first-order valence-electron chi connectivity index (χ1n) is 3.93. The minimum Gasteiger partial charge on any atom is -0.395 e. The van der Waals surface area contributed by atoms with Gasteiger partial charge in [-0.3, -0.25) is 0 Å². The molecule has 0 aromatic heterocycles. The summed E-state index contributed by atoms with van der Waals surface area (Å²) in [5.41, 5.74) is 0. The van der Waals surface area contributed by atoms with Crippen molar-refractivity contribution in [2.45, 2.75) is 25.2 Å². The molecule has 0 aromatic rings. The van der Waals surface area contributed by atoms with Crippen LogP contribution in [0.25, 0.3) is 0 Å². The van der Waals surface area contributed by atoms with Gasteiger partial charge in [-0.1, -0.05) is 0 Å². The van der Waals surface area contributed by atoms with Crippen LogP contribution in [0, 0.1) is 0 Å². The number of hydrogen-bond donors (Lipinski definition) is 5. The van der Waals surface area contributed by atoms with Gasteiger partial charge in [-0.15, -0.1) is 0 Å². The van der Waals surface area contributed by atoms with Crippen LogP contribution in [-0.4, -0.2) is 58.4 Å². The summed E-state index contributed by atoms with van der Waals surface area (Å²) in [5.74, 6) is 0. The van der Waals surface area contributed by atoms with Crippen LogP contribution in [0.15, 0.2) is 0 Å². The van der Waals surface area contributed by atoms with E-state index in [2.05, 4.69) is 5.32 Å². The molecule has 12 heavy (non-hydrogen) atoms. The molecule has 0 rings (SSSR count). The molecule has 0 aliphatic carbocycles. The molecule has 0 saturated carbocycles. The average molecular weight is 179 g/mol. The second kappa shape index (κ2) is 6.33. The molecule has 1 unspecified atom stereocenters. The highest BCUT2D eigenvalue weighted by Crippen LogP contribution is 1.91. The maximum absolute atomic E-state index is 9.03. The van der Waals surface area contributed by atoms with Crippen molar-refractivity contribution in [3.63, 3.8) is 0 Å². The van der Waals surface area contributed by atoms with Gasteiger partial charge in [0, 0.05) is 6.54 Å². The van der Waals surface area contributed by atoms with E-state index in [-0.39, 0.29) is 19.8 Å². The highest BCUT2D eigenvalue weighted by Gasteiger charge is 2.13. The van der Waals surface area contributed by atoms with Crippen molar-refractivity contribution >= 4 is 0 Å². The summed E-state index contributed by atoms with van der Waals surface area (Å²) in [4.78, 5) is 0. The fraction of sp³-hybridized carbons (Fsp3) is 1.00. The standard InChI is InChI=1S/C7H17NO4/c1-5(11)7(4-10)8-2-6(12)3-9/h5-12H,2-4H2,1H3/t5-,6+,7?/m0/s1. The third-order valence-electron chi connectivity index (χ3n) is 1.61. The summed E-state index contributed by atoms with van der Waals surface area (Å²) in [6, 6.07) is -0.453. The van der Waals surface area contributed by atoms with Gasteiger partial charge in [-0.05, 0) is 6.92 Å². The van der Waals surface area contributed by atoms with E-state index in [0.29, 0.717) is 0 Å². The Morgan fingerprint density at radius 2 is 1.75 bits per heavy atom. The summed E-state index contributed by atoms with van der Waals surface area (Å²) < 4.78 is 0. The minimum absolute atomic E-state index is 0.159. The normalized spacial score (nSPS) is 18.8. The summed E-state index contributed by atoms with van der Waals surface area (Å²) in [5, 5.41) is 37.8. The van der Waals surface area contributed by atoms with E-state index in [4.69, 9.17) is 20.4 Å². The molecule has 0 aliphatic heterocycles. The van der Waals surface area contributed by atoms with Gasteiger partial charge in [0.25, 0.3) is 0 Å². The van der Waals surface area contributed by atoms with E-state index in [1.54, 1.807) is 6.92 Å². The summed E-state index contributed by atoms with van der Waals surface area (Å²) in [6.45, 7) is 1.17. The van der Waals surface area contributed by atoms with Gasteiger partial charge in [-0.2, -0.15) is 0 Å². The molecule has 0 aromatic carbocycles. The first-order valence-corrected chi connectivity index (χ1v) is 3.93. The molecule has 0 fully saturated rings. The van der Waals surface area contributed by atoms with Crippen molar-refractivity contribution in [2.24, 2.45) is 0 Å². The van der Waals surface area contributed by atoms with Gasteiger partial charge in [-0.25, -0.2) is 0 Å². The molecule has 0 amide bonds. The molecular formula is C7H17NO4. The van der Waals surface area contributed by atoms with Crippen molar-refractivity contribution in [1.29, 1.82) is 0 Å². The lowest BCUT2D eigenvalue weighted by molar-refractivity contribution is 0.0672. The second-order valence-electron chi connectivity index (χ2n) is 2.77. The Balaban J connectivity index is 3.58. The van der Waals surface area contributed by atoms with E-state index >= 15 is 0 Å². The summed E-state index contributed by atoms with van der Waals surface area (Å²) in [7, 11) is 0. The monoisotopic (exact) mass is 179 g/mol. The van der Waals surface area contributed by atoms with Crippen LogP contribution in [0.1, 0.15) is 6.92 Å². The summed E-state index contributed by atoms with van der Waals surface area (Å²) >= 11 is 0. The molecule has 74 valence electrons. The molecule has 3 atom stereocenters. The van der Waals surface area contributed by atoms with Crippen molar-refractivity contribution in [1.82, 2.24) is 5.32 Å². The van der Waals surface area contributed by atoms with E-state index in [1.165, 1.54) is 0 Å². The van der Waals surface area contributed by atoms with Gasteiger partial charge < -0.3 is 25.7 Å². The Hall–Kier alpha value is -0.200. The molecule has 0 heterocycles. The van der Waals surface area contributed by atoms with Crippen LogP contribution in [0.3, 0.4) is 0 Å². The van der Waals surface area contributed by atoms with Gasteiger partial charge >= 0.3 is 0 Å². The van der Waals surface area contributed by atoms with Crippen molar-refractivity contribution in [3.05, 3.63) is 0 Å². The lowest BCUT2D eigenvalue weighted by atomic mass is 10.2. The fourth-order valence-electron chi connectivity index (χ4n) is 0.740. The largest absolute Gasteiger partial charge is 0.395 e. The van der Waals surface area contributed by atoms with Crippen LogP contribution >= 0.6 is 0 Å². The number of nitrogens with one attached hydrogen (secondary N) is 1. The molecule has 0 saturated heterocycles. The Morgan fingerprint density at radius 3 is 2.08 bits per heavy atom. The third kappa shape index (κ3) is 4.63. The second-order valence-corrected chi connectivity index (χ2v) is 2.77. The van der Waals surface area contributed by atoms with E-state index in [1.807, 2.05) is 0 Å². The highest BCUT2D eigenvalue weighted by molar-refractivity contribution is 4.72. The molecule has 5 nitrogen and oxygen atoms in total. The molecule has 0 radical (unpaired) electrons. The lowest BCUT2D eigenvalue weighted by Crippen LogP contribution is -2.45. The lowest BCUT2D eigenvalue weighted by Gasteiger charge is -2.20.